The van der Waals surface area contributed by atoms with Crippen LogP contribution in [0.1, 0.15) is 29.6 Å². The van der Waals surface area contributed by atoms with Crippen molar-refractivity contribution in [3.8, 4) is 0 Å². The van der Waals surface area contributed by atoms with E-state index in [1.54, 1.807) is 27.9 Å². The summed E-state index contributed by atoms with van der Waals surface area (Å²) in [5, 5.41) is 7.04. The van der Waals surface area contributed by atoms with Crippen molar-refractivity contribution in [1.29, 1.82) is 0 Å². The van der Waals surface area contributed by atoms with Gasteiger partial charge in [0.2, 0.25) is 5.91 Å². The third kappa shape index (κ3) is 3.82. The molecule has 126 valence electrons. The molecule has 1 aliphatic rings. The Bertz CT molecular complexity index is 670. The molecule has 0 spiro atoms. The first-order valence-corrected chi connectivity index (χ1v) is 8.37. The highest BCUT2D eigenvalue weighted by Crippen LogP contribution is 2.20. The van der Waals surface area contributed by atoms with Crippen LogP contribution in [-0.4, -0.2) is 45.6 Å². The van der Waals surface area contributed by atoms with Crippen LogP contribution in [0.4, 0.5) is 0 Å². The van der Waals surface area contributed by atoms with E-state index in [9.17, 15) is 9.59 Å². The fourth-order valence-corrected chi connectivity index (χ4v) is 3.04. The summed E-state index contributed by atoms with van der Waals surface area (Å²) in [6.07, 6.45) is 6.19. The molecule has 24 heavy (non-hydrogen) atoms. The van der Waals surface area contributed by atoms with Gasteiger partial charge in [-0.25, -0.2) is 0 Å². The molecule has 1 N–H and O–H groups in total. The Balaban J connectivity index is 1.61. The maximum Gasteiger partial charge on any atom is 0.254 e. The van der Waals surface area contributed by atoms with Gasteiger partial charge in [0.15, 0.2) is 0 Å². The number of nitrogens with zero attached hydrogens (tertiary/aromatic N) is 3. The molecular formula is C18H22N4O2. The maximum absolute atomic E-state index is 12.7. The molecule has 2 aromatic rings. The lowest BCUT2D eigenvalue weighted by atomic mass is 10.00. The smallest absolute Gasteiger partial charge is 0.254 e. The zero-order chi connectivity index (χ0) is 16.8. The lowest BCUT2D eigenvalue weighted by molar-refractivity contribution is -0.126. The molecule has 0 radical (unpaired) electrons. The summed E-state index contributed by atoms with van der Waals surface area (Å²) in [7, 11) is 0. The van der Waals surface area contributed by atoms with E-state index in [4.69, 9.17) is 0 Å². The Morgan fingerprint density at radius 3 is 2.75 bits per heavy atom. The third-order valence-electron chi connectivity index (χ3n) is 4.29. The molecule has 0 bridgehead atoms. The van der Waals surface area contributed by atoms with Gasteiger partial charge in [-0.3, -0.25) is 14.3 Å². The largest absolute Gasteiger partial charge is 0.352 e. The number of piperidine rings is 1. The maximum atomic E-state index is 12.7. The Hall–Kier alpha value is -2.63. The number of nitrogens with one attached hydrogen (secondary N) is 1. The van der Waals surface area contributed by atoms with Crippen LogP contribution in [0.5, 0.6) is 0 Å². The van der Waals surface area contributed by atoms with E-state index < -0.39 is 0 Å². The summed E-state index contributed by atoms with van der Waals surface area (Å²) in [4.78, 5) is 27.0. The number of amides is 2. The van der Waals surface area contributed by atoms with Crippen molar-refractivity contribution in [2.24, 2.45) is 0 Å². The number of likely N-dealkylation sites (tertiary alicyclic amines) is 1. The lowest BCUT2D eigenvalue weighted by Crippen LogP contribution is -2.52. The summed E-state index contributed by atoms with van der Waals surface area (Å²) in [6.45, 7) is 1.76. The van der Waals surface area contributed by atoms with Gasteiger partial charge in [0.1, 0.15) is 6.04 Å². The van der Waals surface area contributed by atoms with Gasteiger partial charge in [0.05, 0.1) is 6.54 Å². The van der Waals surface area contributed by atoms with E-state index in [1.165, 1.54) is 0 Å². The molecular weight excluding hydrogens is 304 g/mol. The predicted molar refractivity (Wildman–Crippen MR) is 90.4 cm³/mol. The molecule has 2 amide bonds. The quantitative estimate of drug-likeness (QED) is 0.909. The summed E-state index contributed by atoms with van der Waals surface area (Å²) >= 11 is 0. The first-order chi connectivity index (χ1) is 11.8. The molecule has 1 atom stereocenters. The van der Waals surface area contributed by atoms with Crippen molar-refractivity contribution in [3.63, 3.8) is 0 Å². The lowest BCUT2D eigenvalue weighted by Gasteiger charge is -2.34. The zero-order valence-corrected chi connectivity index (χ0v) is 13.6. The van der Waals surface area contributed by atoms with Crippen molar-refractivity contribution in [2.75, 3.05) is 13.1 Å². The molecule has 1 aromatic heterocycles. The second kappa shape index (κ2) is 7.77. The first kappa shape index (κ1) is 16.2. The molecule has 6 nitrogen and oxygen atoms in total. The van der Waals surface area contributed by atoms with Crippen LogP contribution in [0, 0.1) is 0 Å². The number of carbonyl (C=O) groups excluding carboxylic acids is 2. The molecule has 1 aromatic carbocycles. The van der Waals surface area contributed by atoms with Gasteiger partial charge in [-0.1, -0.05) is 18.2 Å². The summed E-state index contributed by atoms with van der Waals surface area (Å²) in [6, 6.07) is 10.6. The highest BCUT2D eigenvalue weighted by Gasteiger charge is 2.32. The monoisotopic (exact) mass is 326 g/mol. The molecule has 1 unspecified atom stereocenters. The van der Waals surface area contributed by atoms with E-state index in [1.807, 2.05) is 30.5 Å². The molecule has 1 fully saturated rings. The Labute approximate surface area is 141 Å². The van der Waals surface area contributed by atoms with E-state index in [2.05, 4.69) is 10.4 Å². The molecule has 6 heteroatoms. The summed E-state index contributed by atoms with van der Waals surface area (Å²) in [5.74, 6) is -0.145. The summed E-state index contributed by atoms with van der Waals surface area (Å²) < 4.78 is 1.77. The van der Waals surface area contributed by atoms with Gasteiger partial charge in [-0.05, 0) is 37.5 Å². The standard InChI is InChI=1S/C18H22N4O2/c23-17(19-11-14-21-12-6-10-20-21)16-9-4-5-13-22(16)18(24)15-7-2-1-3-8-15/h1-3,6-8,10,12,16H,4-5,9,11,13-14H2,(H,19,23). The van der Waals surface area contributed by atoms with Crippen LogP contribution in [0.3, 0.4) is 0 Å². The van der Waals surface area contributed by atoms with Crippen LogP contribution in [0.2, 0.25) is 0 Å². The van der Waals surface area contributed by atoms with E-state index in [0.717, 1.165) is 12.8 Å². The van der Waals surface area contributed by atoms with Crippen molar-refractivity contribution in [2.45, 2.75) is 31.8 Å². The number of benzene rings is 1. The molecule has 0 saturated carbocycles. The minimum absolute atomic E-state index is 0.0671. The number of carbonyl (C=O) groups is 2. The van der Waals surface area contributed by atoms with Crippen LogP contribution >= 0.6 is 0 Å². The highest BCUT2D eigenvalue weighted by molar-refractivity contribution is 5.97. The van der Waals surface area contributed by atoms with Crippen LogP contribution in [-0.2, 0) is 11.3 Å². The fraction of sp³-hybridized carbons (Fsp3) is 0.389. The van der Waals surface area contributed by atoms with Crippen molar-refractivity contribution < 1.29 is 9.59 Å². The third-order valence-corrected chi connectivity index (χ3v) is 4.29. The molecule has 2 heterocycles. The van der Waals surface area contributed by atoms with Crippen LogP contribution in [0.25, 0.3) is 0 Å². The van der Waals surface area contributed by atoms with Crippen molar-refractivity contribution >= 4 is 11.8 Å². The predicted octanol–water partition coefficient (Wildman–Crippen LogP) is 1.69. The molecule has 3 rings (SSSR count). The molecule has 1 aliphatic heterocycles. The Kier molecular flexibility index (Phi) is 5.25. The van der Waals surface area contributed by atoms with Gasteiger partial charge in [-0.15, -0.1) is 0 Å². The minimum Gasteiger partial charge on any atom is -0.352 e. The minimum atomic E-state index is -0.385. The van der Waals surface area contributed by atoms with Gasteiger partial charge in [-0.2, -0.15) is 5.10 Å². The average molecular weight is 326 g/mol. The van der Waals surface area contributed by atoms with Crippen LogP contribution < -0.4 is 5.32 Å². The second-order valence-corrected chi connectivity index (χ2v) is 5.94. The number of aromatic nitrogens is 2. The van der Waals surface area contributed by atoms with E-state index in [0.29, 0.717) is 31.6 Å². The number of rotatable bonds is 5. The van der Waals surface area contributed by atoms with Crippen molar-refractivity contribution in [3.05, 3.63) is 54.4 Å². The topological polar surface area (TPSA) is 67.2 Å². The average Bonchev–Trinajstić information content (AvgIpc) is 3.15. The first-order valence-electron chi connectivity index (χ1n) is 8.37. The zero-order valence-electron chi connectivity index (χ0n) is 13.6. The molecule has 1 saturated heterocycles. The fourth-order valence-electron chi connectivity index (χ4n) is 3.04. The van der Waals surface area contributed by atoms with Crippen LogP contribution in [0.15, 0.2) is 48.8 Å². The molecule has 0 aliphatic carbocycles. The van der Waals surface area contributed by atoms with Gasteiger partial charge < -0.3 is 10.2 Å². The Morgan fingerprint density at radius 1 is 1.17 bits per heavy atom. The van der Waals surface area contributed by atoms with E-state index in [-0.39, 0.29) is 17.9 Å². The van der Waals surface area contributed by atoms with Gasteiger partial charge >= 0.3 is 0 Å². The number of hydrogen-bond acceptors (Lipinski definition) is 3. The van der Waals surface area contributed by atoms with Crippen molar-refractivity contribution in [1.82, 2.24) is 20.0 Å². The second-order valence-electron chi connectivity index (χ2n) is 5.94. The SMILES string of the molecule is O=C(NCCn1cccn1)C1CCCCN1C(=O)c1ccccc1. The normalized spacial score (nSPS) is 17.5. The van der Waals surface area contributed by atoms with Gasteiger partial charge in [0.25, 0.3) is 5.91 Å². The summed E-state index contributed by atoms with van der Waals surface area (Å²) in [5.41, 5.74) is 0.633. The van der Waals surface area contributed by atoms with Gasteiger partial charge in [0, 0.05) is 31.0 Å². The highest BCUT2D eigenvalue weighted by atomic mass is 16.2. The number of hydrogen-bond donors (Lipinski definition) is 1. The Morgan fingerprint density at radius 2 is 2.00 bits per heavy atom. The van der Waals surface area contributed by atoms with E-state index >= 15 is 0 Å².